The van der Waals surface area contributed by atoms with Crippen LogP contribution >= 0.6 is 11.8 Å². The number of aliphatic hydroxyl groups is 3. The fourth-order valence-electron chi connectivity index (χ4n) is 8.20. The number of thioether (sulfide) groups is 1. The van der Waals surface area contributed by atoms with E-state index in [4.69, 9.17) is 57.8 Å². The molecular formula is C46H83NO17S. The van der Waals surface area contributed by atoms with Gasteiger partial charge in [0.15, 0.2) is 24.3 Å². The Morgan fingerprint density at radius 3 is 1.88 bits per heavy atom. The second-order valence-corrected chi connectivity index (χ2v) is 18.5. The first-order valence-electron chi connectivity index (χ1n) is 24.1. The zero-order valence-corrected chi connectivity index (χ0v) is 41.2. The summed E-state index contributed by atoms with van der Waals surface area (Å²) in [6.07, 6.45) is -8.75. The van der Waals surface area contributed by atoms with Crippen molar-refractivity contribution in [3.63, 3.8) is 0 Å². The Labute approximate surface area is 391 Å². The lowest BCUT2D eigenvalue weighted by Crippen LogP contribution is -2.70. The van der Waals surface area contributed by atoms with Gasteiger partial charge in [-0.25, -0.2) is 0 Å². The van der Waals surface area contributed by atoms with Crippen molar-refractivity contribution >= 4 is 29.5 Å². The van der Waals surface area contributed by atoms with E-state index in [9.17, 15) is 29.7 Å². The van der Waals surface area contributed by atoms with E-state index in [1.165, 1.54) is 0 Å². The third-order valence-corrected chi connectivity index (χ3v) is 13.0. The van der Waals surface area contributed by atoms with Gasteiger partial charge in [-0.05, 0) is 31.4 Å². The minimum atomic E-state index is -2.36. The van der Waals surface area contributed by atoms with Crippen LogP contribution in [0.1, 0.15) is 127 Å². The molecule has 18 nitrogen and oxygen atoms in total. The maximum atomic E-state index is 14.4. The molecule has 65 heavy (non-hydrogen) atoms. The van der Waals surface area contributed by atoms with Crippen molar-refractivity contribution in [2.75, 3.05) is 52.0 Å². The van der Waals surface area contributed by atoms with Crippen LogP contribution < -0.4 is 5.73 Å². The number of Topliss-reactive ketones (excluding diaryl/α,β-unsaturated/α-hetero) is 1. The molecule has 16 atom stereocenters. The lowest BCUT2D eigenvalue weighted by Gasteiger charge is -2.52. The van der Waals surface area contributed by atoms with Gasteiger partial charge in [-0.3, -0.25) is 14.4 Å². The van der Waals surface area contributed by atoms with Crippen LogP contribution in [0.3, 0.4) is 0 Å². The van der Waals surface area contributed by atoms with Crippen molar-refractivity contribution in [3.05, 3.63) is 0 Å². The van der Waals surface area contributed by atoms with E-state index in [0.717, 1.165) is 64.5 Å². The molecule has 0 aromatic carbocycles. The maximum Gasteiger partial charge on any atom is 0.303 e. The number of ether oxygens (including phenoxy) is 11. The number of nitrogens with two attached hydrogens (primary N) is 1. The minimum absolute atomic E-state index is 0.0872. The molecule has 0 bridgehead atoms. The van der Waals surface area contributed by atoms with Crippen molar-refractivity contribution in [2.45, 2.75) is 217 Å². The van der Waals surface area contributed by atoms with Gasteiger partial charge in [0.25, 0.3) is 0 Å². The van der Waals surface area contributed by atoms with E-state index in [-0.39, 0.29) is 37.6 Å². The number of aliphatic hydroxyl groups excluding tert-OH is 3. The maximum absolute atomic E-state index is 14.4. The van der Waals surface area contributed by atoms with Crippen molar-refractivity contribution in [1.29, 1.82) is 0 Å². The fourth-order valence-corrected chi connectivity index (χ4v) is 9.21. The molecule has 0 aromatic rings. The van der Waals surface area contributed by atoms with Crippen LogP contribution in [0.2, 0.25) is 0 Å². The molecule has 5 N–H and O–H groups in total. The first-order valence-corrected chi connectivity index (χ1v) is 25.1. The number of rotatable bonds is 31. The van der Waals surface area contributed by atoms with E-state index in [2.05, 4.69) is 27.7 Å². The van der Waals surface area contributed by atoms with Gasteiger partial charge >= 0.3 is 11.9 Å². The Bertz CT molecular complexity index is 1370. The molecule has 3 fully saturated rings. The average molecular weight is 954 g/mol. The van der Waals surface area contributed by atoms with Crippen LogP contribution in [0.4, 0.5) is 0 Å². The molecule has 3 heterocycles. The van der Waals surface area contributed by atoms with Gasteiger partial charge in [-0.1, -0.05) is 74.1 Å². The molecule has 3 saturated heterocycles. The summed E-state index contributed by atoms with van der Waals surface area (Å²) in [6, 6.07) is -1.33. The smallest absolute Gasteiger partial charge is 0.303 e. The molecular weight excluding hydrogens is 871 g/mol. The summed E-state index contributed by atoms with van der Waals surface area (Å²) in [6.45, 7) is 17.0. The second-order valence-electron chi connectivity index (χ2n) is 17.2. The van der Waals surface area contributed by atoms with Gasteiger partial charge in [-0.2, -0.15) is 0 Å². The van der Waals surface area contributed by atoms with Crippen molar-refractivity contribution in [3.8, 4) is 0 Å². The molecule has 3 aliphatic heterocycles. The summed E-state index contributed by atoms with van der Waals surface area (Å²) in [5.41, 5.74) is 6.30. The zero-order chi connectivity index (χ0) is 48.1. The Balaban J connectivity index is 2.22. The van der Waals surface area contributed by atoms with Crippen LogP contribution in [0.5, 0.6) is 0 Å². The quantitative estimate of drug-likeness (QED) is 0.0568. The minimum Gasteiger partial charge on any atom is -0.456 e. The Morgan fingerprint density at radius 1 is 0.769 bits per heavy atom. The largest absolute Gasteiger partial charge is 0.456 e. The summed E-state index contributed by atoms with van der Waals surface area (Å²) < 4.78 is 70.2. The highest BCUT2D eigenvalue weighted by Gasteiger charge is 2.60. The topological polar surface area (TPSA) is 239 Å². The molecule has 3 rings (SSSR count). The molecule has 19 heteroatoms. The van der Waals surface area contributed by atoms with Gasteiger partial charge in [0, 0.05) is 59.0 Å². The summed E-state index contributed by atoms with van der Waals surface area (Å²) in [5.74, 6) is -3.97. The predicted molar refractivity (Wildman–Crippen MR) is 241 cm³/mol. The average Bonchev–Trinajstić information content (AvgIpc) is 3.27. The first-order chi connectivity index (χ1) is 31.2. The molecule has 0 radical (unpaired) electrons. The van der Waals surface area contributed by atoms with Crippen LogP contribution in [0.25, 0.3) is 0 Å². The highest BCUT2D eigenvalue weighted by molar-refractivity contribution is 7.99. The molecule has 0 aliphatic carbocycles. The number of ketones is 1. The third kappa shape index (κ3) is 16.8. The number of esters is 2. The molecule has 0 amide bonds. The SMILES string of the molecule is CCCCOCC1OC(O[C@@H]2C(COCCCC)OC(SCC)[C@@H](C)[C@H]2OCCCC)[C@@H](OCCCC)[C@H](O[C@]2(C(=O)CC)C[C@@H](O)[C@@H](N)C([C@H](OC(C)=O)[C@@H](CO)OC(C)=O)O2)C1O. The summed E-state index contributed by atoms with van der Waals surface area (Å²) in [5, 5.41) is 34.4. The van der Waals surface area contributed by atoms with Crippen molar-refractivity contribution < 1.29 is 81.8 Å². The highest BCUT2D eigenvalue weighted by atomic mass is 32.2. The van der Waals surface area contributed by atoms with Gasteiger partial charge in [0.1, 0.15) is 48.2 Å². The van der Waals surface area contributed by atoms with E-state index in [1.807, 2.05) is 13.8 Å². The predicted octanol–water partition coefficient (Wildman–Crippen LogP) is 3.97. The molecule has 6 unspecified atom stereocenters. The Morgan fingerprint density at radius 2 is 1.34 bits per heavy atom. The summed E-state index contributed by atoms with van der Waals surface area (Å²) >= 11 is 1.68. The normalized spacial score (nSPS) is 33.9. The first kappa shape index (κ1) is 57.8. The second kappa shape index (κ2) is 30.1. The monoisotopic (exact) mass is 954 g/mol. The van der Waals surface area contributed by atoms with E-state index >= 15 is 0 Å². The Hall–Kier alpha value is -1.56. The van der Waals surface area contributed by atoms with Gasteiger partial charge in [0.05, 0.1) is 38.1 Å². The van der Waals surface area contributed by atoms with Gasteiger partial charge < -0.3 is 73.2 Å². The van der Waals surface area contributed by atoms with Crippen LogP contribution in [-0.2, 0) is 66.5 Å². The van der Waals surface area contributed by atoms with E-state index in [1.54, 1.807) is 18.7 Å². The van der Waals surface area contributed by atoms with Gasteiger partial charge in [-0.15, -0.1) is 11.8 Å². The number of carbonyl (C=O) groups excluding carboxylic acids is 3. The molecule has 0 saturated carbocycles. The van der Waals surface area contributed by atoms with Gasteiger partial charge in [0.2, 0.25) is 5.79 Å². The van der Waals surface area contributed by atoms with E-state index in [0.29, 0.717) is 26.2 Å². The summed E-state index contributed by atoms with van der Waals surface area (Å²) in [4.78, 5) is 39.0. The number of hydrogen-bond acceptors (Lipinski definition) is 19. The van der Waals surface area contributed by atoms with E-state index < -0.39 is 116 Å². The number of hydrogen-bond donors (Lipinski definition) is 4. The molecule has 0 aromatic heterocycles. The molecule has 3 aliphatic rings. The van der Waals surface area contributed by atoms with Crippen LogP contribution in [-0.4, -0.2) is 176 Å². The van der Waals surface area contributed by atoms with Crippen LogP contribution in [0, 0.1) is 5.92 Å². The summed E-state index contributed by atoms with van der Waals surface area (Å²) in [7, 11) is 0. The fraction of sp³-hybridized carbons (Fsp3) is 0.935. The standard InChI is InChI=1S/C46H83NO17S/c1-10-16-20-54-26-33-37(53)42(64-46(35(52)14-5)24-31(51)36(47)41(63-46)39(59-30(9)50)32(25-48)58-29(8)49)43(57-23-19-13-4)44(60-33)62-40-34(27-55-21-17-11-2)61-45(65-15-6)28(7)38(40)56-22-18-12-3/h28,31-34,36-45,48,51,53H,10-27,47H2,1-9H3/t28-,31+,32+,33?,34?,36+,37?,38+,39+,40+,41?,42+,43-,44?,45?,46-/m0/s1. The third-order valence-electron chi connectivity index (χ3n) is 11.8. The van der Waals surface area contributed by atoms with Crippen molar-refractivity contribution in [2.24, 2.45) is 11.7 Å². The number of unbranched alkanes of at least 4 members (excludes halogenated alkanes) is 4. The van der Waals surface area contributed by atoms with Crippen molar-refractivity contribution in [1.82, 2.24) is 0 Å². The zero-order valence-electron chi connectivity index (χ0n) is 40.4. The lowest BCUT2D eigenvalue weighted by molar-refractivity contribution is -0.381. The number of carbonyl (C=O) groups is 3. The molecule has 0 spiro atoms. The Kier molecular flexibility index (Phi) is 26.8. The highest BCUT2D eigenvalue weighted by Crippen LogP contribution is 2.42. The lowest BCUT2D eigenvalue weighted by atomic mass is 9.86. The molecule has 380 valence electrons. The van der Waals surface area contributed by atoms with Crippen LogP contribution in [0.15, 0.2) is 0 Å².